The summed E-state index contributed by atoms with van der Waals surface area (Å²) >= 11 is 0. The van der Waals surface area contributed by atoms with Crippen molar-refractivity contribution in [3.05, 3.63) is 94.7 Å². The number of aryl methyl sites for hydroxylation is 3. The number of carbonyl (C=O) groups is 2. The van der Waals surface area contributed by atoms with E-state index >= 15 is 0 Å². The van der Waals surface area contributed by atoms with Crippen LogP contribution in [0, 0.1) is 20.8 Å². The minimum Gasteiger partial charge on any atom is -0.372 e. The highest BCUT2D eigenvalue weighted by Gasteiger charge is 2.40. The monoisotopic (exact) mass is 465 g/mol. The molecule has 0 saturated carbocycles. The van der Waals surface area contributed by atoms with Crippen molar-refractivity contribution in [2.24, 2.45) is 0 Å². The average Bonchev–Trinajstić information content (AvgIpc) is 3.11. The third kappa shape index (κ3) is 4.46. The Bertz CT molecular complexity index is 1300. The van der Waals surface area contributed by atoms with Crippen LogP contribution in [-0.2, 0) is 9.59 Å². The Morgan fingerprint density at radius 3 is 2.00 bits per heavy atom. The van der Waals surface area contributed by atoms with Crippen LogP contribution in [0.2, 0.25) is 0 Å². The van der Waals surface area contributed by atoms with Crippen molar-refractivity contribution in [1.82, 2.24) is 0 Å². The topological polar surface area (TPSA) is 52.7 Å². The lowest BCUT2D eigenvalue weighted by Gasteiger charge is -2.28. The van der Waals surface area contributed by atoms with Gasteiger partial charge in [-0.2, -0.15) is 0 Å². The van der Waals surface area contributed by atoms with E-state index in [1.54, 1.807) is 0 Å². The van der Waals surface area contributed by atoms with Crippen LogP contribution in [0.3, 0.4) is 0 Å². The molecule has 0 bridgehead atoms. The molecule has 1 fully saturated rings. The van der Waals surface area contributed by atoms with E-state index in [0.29, 0.717) is 17.0 Å². The number of benzene rings is 3. The SMILES string of the molecule is Cc1ccc(N2C(=O)C(Nc3ccc(N4CCCCC4)cc3)=C(c3ccc(C)c(C)c3)C2=O)cc1. The van der Waals surface area contributed by atoms with E-state index in [9.17, 15) is 9.59 Å². The van der Waals surface area contributed by atoms with Gasteiger partial charge >= 0.3 is 0 Å². The van der Waals surface area contributed by atoms with Gasteiger partial charge in [0.1, 0.15) is 5.70 Å². The lowest BCUT2D eigenvalue weighted by Crippen LogP contribution is -2.32. The molecule has 35 heavy (non-hydrogen) atoms. The van der Waals surface area contributed by atoms with E-state index in [-0.39, 0.29) is 11.8 Å². The summed E-state index contributed by atoms with van der Waals surface area (Å²) in [4.78, 5) is 31.0. The van der Waals surface area contributed by atoms with Crippen molar-refractivity contribution in [3.63, 3.8) is 0 Å². The van der Waals surface area contributed by atoms with Crippen LogP contribution in [0.1, 0.15) is 41.5 Å². The Morgan fingerprint density at radius 1 is 0.686 bits per heavy atom. The van der Waals surface area contributed by atoms with Gasteiger partial charge in [0.05, 0.1) is 11.3 Å². The fourth-order valence-corrected chi connectivity index (χ4v) is 4.79. The number of amides is 2. The second-order valence-corrected chi connectivity index (χ2v) is 9.55. The predicted octanol–water partition coefficient (Wildman–Crippen LogP) is 6.00. The molecule has 0 radical (unpaired) electrons. The number of hydrogen-bond donors (Lipinski definition) is 1. The van der Waals surface area contributed by atoms with E-state index in [2.05, 4.69) is 22.3 Å². The third-order valence-corrected chi connectivity index (χ3v) is 7.03. The maximum Gasteiger partial charge on any atom is 0.282 e. The molecule has 0 aromatic heterocycles. The number of rotatable bonds is 5. The van der Waals surface area contributed by atoms with Gasteiger partial charge in [0, 0.05) is 24.5 Å². The molecule has 3 aromatic rings. The van der Waals surface area contributed by atoms with Gasteiger partial charge in [-0.25, -0.2) is 4.90 Å². The molecule has 0 aliphatic carbocycles. The van der Waals surface area contributed by atoms with Gasteiger partial charge in [-0.1, -0.05) is 35.9 Å². The van der Waals surface area contributed by atoms with Crippen molar-refractivity contribution in [2.75, 3.05) is 28.2 Å². The summed E-state index contributed by atoms with van der Waals surface area (Å²) in [7, 11) is 0. The molecule has 1 saturated heterocycles. The minimum absolute atomic E-state index is 0.310. The molecule has 0 spiro atoms. The van der Waals surface area contributed by atoms with E-state index in [0.717, 1.165) is 41.0 Å². The summed E-state index contributed by atoms with van der Waals surface area (Å²) in [5.41, 5.74) is 7.30. The molecule has 178 valence electrons. The molecule has 0 atom stereocenters. The summed E-state index contributed by atoms with van der Waals surface area (Å²) < 4.78 is 0. The molecule has 3 aromatic carbocycles. The first-order valence-corrected chi connectivity index (χ1v) is 12.3. The zero-order valence-corrected chi connectivity index (χ0v) is 20.6. The molecule has 2 heterocycles. The van der Waals surface area contributed by atoms with Crippen LogP contribution in [0.4, 0.5) is 17.1 Å². The van der Waals surface area contributed by atoms with E-state index < -0.39 is 0 Å². The first-order chi connectivity index (χ1) is 16.9. The molecular weight excluding hydrogens is 434 g/mol. The Morgan fingerprint density at radius 2 is 1.34 bits per heavy atom. The molecule has 2 aliphatic heterocycles. The van der Waals surface area contributed by atoms with Crippen LogP contribution in [-0.4, -0.2) is 24.9 Å². The standard InChI is InChI=1S/C30H31N3O2/c1-20-7-13-26(14-8-20)33-29(34)27(23-10-9-21(2)22(3)19-23)28(30(33)35)31-24-11-15-25(16-12-24)32-17-5-4-6-18-32/h7-16,19,31H,4-6,17-18H2,1-3H3. The van der Waals surface area contributed by atoms with Crippen molar-refractivity contribution in [2.45, 2.75) is 40.0 Å². The molecule has 5 rings (SSSR count). The summed E-state index contributed by atoms with van der Waals surface area (Å²) in [5.74, 6) is -0.651. The summed E-state index contributed by atoms with van der Waals surface area (Å²) in [6, 6.07) is 21.5. The van der Waals surface area contributed by atoms with Gasteiger partial charge in [0.25, 0.3) is 11.8 Å². The highest BCUT2D eigenvalue weighted by Crippen LogP contribution is 2.35. The Labute approximate surface area is 207 Å². The first-order valence-electron chi connectivity index (χ1n) is 12.3. The van der Waals surface area contributed by atoms with Gasteiger partial charge in [0.2, 0.25) is 0 Å². The van der Waals surface area contributed by atoms with Gasteiger partial charge < -0.3 is 10.2 Å². The number of nitrogens with zero attached hydrogens (tertiary/aromatic N) is 2. The highest BCUT2D eigenvalue weighted by atomic mass is 16.2. The Balaban J connectivity index is 1.51. The van der Waals surface area contributed by atoms with Crippen LogP contribution < -0.4 is 15.1 Å². The third-order valence-electron chi connectivity index (χ3n) is 7.03. The Hall–Kier alpha value is -3.86. The van der Waals surface area contributed by atoms with E-state index in [1.807, 2.05) is 75.4 Å². The number of anilines is 3. The maximum atomic E-state index is 13.7. The second kappa shape index (κ2) is 9.41. The Kier molecular flexibility index (Phi) is 6.16. The zero-order valence-electron chi connectivity index (χ0n) is 20.6. The van der Waals surface area contributed by atoms with Crippen LogP contribution in [0.5, 0.6) is 0 Å². The summed E-state index contributed by atoms with van der Waals surface area (Å²) in [5, 5.41) is 3.29. The number of carbonyl (C=O) groups excluding carboxylic acids is 2. The lowest BCUT2D eigenvalue weighted by molar-refractivity contribution is -0.120. The van der Waals surface area contributed by atoms with E-state index in [4.69, 9.17) is 0 Å². The molecule has 2 aliphatic rings. The van der Waals surface area contributed by atoms with Crippen LogP contribution >= 0.6 is 0 Å². The second-order valence-electron chi connectivity index (χ2n) is 9.55. The van der Waals surface area contributed by atoms with Crippen molar-refractivity contribution >= 4 is 34.4 Å². The molecule has 0 unspecified atom stereocenters. The number of imide groups is 1. The number of nitrogens with one attached hydrogen (secondary N) is 1. The number of hydrogen-bond acceptors (Lipinski definition) is 4. The van der Waals surface area contributed by atoms with Crippen LogP contribution in [0.25, 0.3) is 5.57 Å². The molecule has 1 N–H and O–H groups in total. The predicted molar refractivity (Wildman–Crippen MR) is 143 cm³/mol. The normalized spacial score (nSPS) is 16.3. The molecule has 5 nitrogen and oxygen atoms in total. The van der Waals surface area contributed by atoms with Gasteiger partial charge in [0.15, 0.2) is 0 Å². The fourth-order valence-electron chi connectivity index (χ4n) is 4.79. The van der Waals surface area contributed by atoms with Gasteiger partial charge in [-0.05, 0) is 93.1 Å². The fraction of sp³-hybridized carbons (Fsp3) is 0.267. The van der Waals surface area contributed by atoms with Gasteiger partial charge in [-0.3, -0.25) is 9.59 Å². The maximum absolute atomic E-state index is 13.7. The average molecular weight is 466 g/mol. The van der Waals surface area contributed by atoms with E-state index in [1.165, 1.54) is 29.8 Å². The smallest absolute Gasteiger partial charge is 0.282 e. The number of piperidine rings is 1. The minimum atomic E-state index is -0.341. The molecule has 5 heteroatoms. The quantitative estimate of drug-likeness (QED) is 0.470. The van der Waals surface area contributed by atoms with Gasteiger partial charge in [-0.15, -0.1) is 0 Å². The van der Waals surface area contributed by atoms with Crippen molar-refractivity contribution in [3.8, 4) is 0 Å². The zero-order chi connectivity index (χ0) is 24.5. The first kappa shape index (κ1) is 22.9. The van der Waals surface area contributed by atoms with Crippen molar-refractivity contribution < 1.29 is 9.59 Å². The highest BCUT2D eigenvalue weighted by molar-refractivity contribution is 6.46. The van der Waals surface area contributed by atoms with Crippen LogP contribution in [0.15, 0.2) is 72.4 Å². The molecular formula is C30H31N3O2. The van der Waals surface area contributed by atoms with Crippen molar-refractivity contribution in [1.29, 1.82) is 0 Å². The summed E-state index contributed by atoms with van der Waals surface area (Å²) in [6.07, 6.45) is 3.73. The molecule has 2 amide bonds. The summed E-state index contributed by atoms with van der Waals surface area (Å²) in [6.45, 7) is 8.19. The largest absolute Gasteiger partial charge is 0.372 e. The lowest BCUT2D eigenvalue weighted by atomic mass is 9.99.